The van der Waals surface area contributed by atoms with Gasteiger partial charge in [0, 0.05) is 18.7 Å². The molecule has 2 heterocycles. The number of rotatable bonds is 2. The third-order valence-electron chi connectivity index (χ3n) is 2.47. The van der Waals surface area contributed by atoms with Crippen molar-refractivity contribution < 1.29 is 18.0 Å². The Morgan fingerprint density at radius 3 is 3.06 bits per heavy atom. The maximum atomic E-state index is 12.0. The van der Waals surface area contributed by atoms with Gasteiger partial charge in [0.1, 0.15) is 12.6 Å². The van der Waals surface area contributed by atoms with Crippen molar-refractivity contribution in [3.63, 3.8) is 0 Å². The summed E-state index contributed by atoms with van der Waals surface area (Å²) in [6, 6.07) is -0.813. The standard InChI is InChI=1S/C9H11F3N4O/c10-9(11,12)3-14-8(17)7-6-5(1-2-13-7)15-4-16-6/h4,7,13H,1-3H2,(H,14,17)(H,15,16). The summed E-state index contributed by atoms with van der Waals surface area (Å²) in [7, 11) is 0. The molecule has 0 bridgehead atoms. The van der Waals surface area contributed by atoms with E-state index in [2.05, 4.69) is 15.3 Å². The van der Waals surface area contributed by atoms with Gasteiger partial charge in [0.2, 0.25) is 5.91 Å². The number of nitrogens with one attached hydrogen (secondary N) is 3. The number of alkyl halides is 3. The molecule has 1 aliphatic rings. The van der Waals surface area contributed by atoms with Crippen LogP contribution in [0.25, 0.3) is 0 Å². The second-order valence-electron chi connectivity index (χ2n) is 3.74. The van der Waals surface area contributed by atoms with E-state index in [0.717, 1.165) is 5.69 Å². The number of aromatic nitrogens is 2. The zero-order valence-electron chi connectivity index (χ0n) is 8.77. The molecule has 0 aliphatic carbocycles. The highest BCUT2D eigenvalue weighted by molar-refractivity contribution is 5.83. The Balaban J connectivity index is 2.02. The number of nitrogens with zero attached hydrogens (tertiary/aromatic N) is 1. The van der Waals surface area contributed by atoms with E-state index in [4.69, 9.17) is 0 Å². The van der Waals surface area contributed by atoms with Gasteiger partial charge >= 0.3 is 6.18 Å². The van der Waals surface area contributed by atoms with E-state index < -0.39 is 24.7 Å². The molecule has 1 unspecified atom stereocenters. The van der Waals surface area contributed by atoms with E-state index in [1.165, 1.54) is 6.33 Å². The van der Waals surface area contributed by atoms with Gasteiger partial charge in [0.15, 0.2) is 0 Å². The average molecular weight is 248 g/mol. The van der Waals surface area contributed by atoms with Crippen LogP contribution in [-0.4, -0.2) is 35.1 Å². The molecule has 1 atom stereocenters. The van der Waals surface area contributed by atoms with E-state index in [0.29, 0.717) is 18.7 Å². The van der Waals surface area contributed by atoms with Gasteiger partial charge in [-0.05, 0) is 0 Å². The Bertz CT molecular complexity index is 415. The molecule has 1 amide bonds. The molecule has 8 heteroatoms. The van der Waals surface area contributed by atoms with Crippen LogP contribution in [0.2, 0.25) is 0 Å². The third kappa shape index (κ3) is 2.76. The van der Waals surface area contributed by atoms with E-state index in [-0.39, 0.29) is 0 Å². The summed E-state index contributed by atoms with van der Waals surface area (Å²) < 4.78 is 35.9. The minimum atomic E-state index is -4.40. The lowest BCUT2D eigenvalue weighted by Gasteiger charge is -2.22. The molecule has 0 spiro atoms. The summed E-state index contributed by atoms with van der Waals surface area (Å²) in [6.07, 6.45) is -2.29. The largest absolute Gasteiger partial charge is 0.405 e. The number of H-pyrrole nitrogens is 1. The van der Waals surface area contributed by atoms with Crippen LogP contribution < -0.4 is 10.6 Å². The Hall–Kier alpha value is -1.57. The molecule has 5 nitrogen and oxygen atoms in total. The lowest BCUT2D eigenvalue weighted by Crippen LogP contribution is -2.44. The molecule has 1 aliphatic heterocycles. The molecule has 94 valence electrons. The lowest BCUT2D eigenvalue weighted by molar-refractivity contribution is -0.139. The van der Waals surface area contributed by atoms with Gasteiger partial charge in [-0.2, -0.15) is 13.2 Å². The van der Waals surface area contributed by atoms with Crippen LogP contribution in [-0.2, 0) is 11.2 Å². The highest BCUT2D eigenvalue weighted by Gasteiger charge is 2.32. The van der Waals surface area contributed by atoms with E-state index >= 15 is 0 Å². The molecule has 0 saturated carbocycles. The molecule has 17 heavy (non-hydrogen) atoms. The fourth-order valence-corrected chi connectivity index (χ4v) is 1.73. The Kier molecular flexibility index (Phi) is 3.05. The number of carbonyl (C=O) groups excluding carboxylic acids is 1. The molecule has 0 aromatic carbocycles. The smallest absolute Gasteiger partial charge is 0.348 e. The first-order valence-electron chi connectivity index (χ1n) is 5.07. The first-order chi connectivity index (χ1) is 7.97. The lowest BCUT2D eigenvalue weighted by atomic mass is 10.1. The zero-order valence-corrected chi connectivity index (χ0v) is 8.77. The van der Waals surface area contributed by atoms with Gasteiger partial charge in [0.05, 0.1) is 12.0 Å². The molecule has 0 radical (unpaired) electrons. The quantitative estimate of drug-likeness (QED) is 0.704. The van der Waals surface area contributed by atoms with Crippen LogP contribution in [0.15, 0.2) is 6.33 Å². The summed E-state index contributed by atoms with van der Waals surface area (Å²) in [5.74, 6) is -0.713. The highest BCUT2D eigenvalue weighted by atomic mass is 19.4. The SMILES string of the molecule is O=C(NCC(F)(F)F)C1NCCc2[nH]cnc21. The molecule has 1 aromatic rings. The molecule has 2 rings (SSSR count). The highest BCUT2D eigenvalue weighted by Crippen LogP contribution is 2.20. The summed E-state index contributed by atoms with van der Waals surface area (Å²) in [5.41, 5.74) is 1.26. The number of carbonyl (C=O) groups is 1. The molecule has 0 saturated heterocycles. The summed E-state index contributed by atoms with van der Waals surface area (Å²) >= 11 is 0. The van der Waals surface area contributed by atoms with Crippen molar-refractivity contribution in [2.45, 2.75) is 18.6 Å². The van der Waals surface area contributed by atoms with E-state index in [1.54, 1.807) is 0 Å². The number of fused-ring (bicyclic) bond motifs is 1. The van der Waals surface area contributed by atoms with Crippen LogP contribution in [0.1, 0.15) is 17.4 Å². The van der Waals surface area contributed by atoms with Crippen LogP contribution >= 0.6 is 0 Å². The fraction of sp³-hybridized carbons (Fsp3) is 0.556. The van der Waals surface area contributed by atoms with Gasteiger partial charge in [-0.3, -0.25) is 4.79 Å². The number of amides is 1. The third-order valence-corrected chi connectivity index (χ3v) is 2.47. The Morgan fingerprint density at radius 1 is 1.59 bits per heavy atom. The topological polar surface area (TPSA) is 69.8 Å². The number of hydrogen-bond donors (Lipinski definition) is 3. The van der Waals surface area contributed by atoms with Crippen molar-refractivity contribution >= 4 is 5.91 Å². The minimum absolute atomic E-state index is 0.468. The maximum absolute atomic E-state index is 12.0. The van der Waals surface area contributed by atoms with Crippen molar-refractivity contribution in [1.82, 2.24) is 20.6 Å². The van der Waals surface area contributed by atoms with E-state index in [9.17, 15) is 18.0 Å². The van der Waals surface area contributed by atoms with Crippen molar-refractivity contribution in [1.29, 1.82) is 0 Å². The van der Waals surface area contributed by atoms with Crippen molar-refractivity contribution in [3.05, 3.63) is 17.7 Å². The zero-order chi connectivity index (χ0) is 12.5. The fourth-order valence-electron chi connectivity index (χ4n) is 1.73. The molecule has 3 N–H and O–H groups in total. The first-order valence-corrected chi connectivity index (χ1v) is 5.07. The second-order valence-corrected chi connectivity index (χ2v) is 3.74. The number of aromatic amines is 1. The predicted octanol–water partition coefficient (Wildman–Crippen LogP) is 0.275. The summed E-state index contributed by atoms with van der Waals surface area (Å²) in [6.45, 7) is -0.803. The average Bonchev–Trinajstić information content (AvgIpc) is 2.72. The normalized spacial score (nSPS) is 19.8. The van der Waals surface area contributed by atoms with Crippen molar-refractivity contribution in [3.8, 4) is 0 Å². The number of halogens is 3. The van der Waals surface area contributed by atoms with Crippen LogP contribution in [0, 0.1) is 0 Å². The van der Waals surface area contributed by atoms with Crippen LogP contribution in [0.3, 0.4) is 0 Å². The maximum Gasteiger partial charge on any atom is 0.405 e. The Morgan fingerprint density at radius 2 is 2.35 bits per heavy atom. The van der Waals surface area contributed by atoms with Gasteiger partial charge in [-0.1, -0.05) is 0 Å². The van der Waals surface area contributed by atoms with Crippen molar-refractivity contribution in [2.75, 3.05) is 13.1 Å². The van der Waals surface area contributed by atoms with Gasteiger partial charge in [0.25, 0.3) is 0 Å². The number of imidazole rings is 1. The Labute approximate surface area is 94.8 Å². The minimum Gasteiger partial charge on any atom is -0.348 e. The second kappa shape index (κ2) is 4.36. The van der Waals surface area contributed by atoms with Crippen molar-refractivity contribution in [2.24, 2.45) is 0 Å². The van der Waals surface area contributed by atoms with Gasteiger partial charge < -0.3 is 15.6 Å². The number of hydrogen-bond acceptors (Lipinski definition) is 3. The monoisotopic (exact) mass is 248 g/mol. The molecular weight excluding hydrogens is 237 g/mol. The molecule has 0 fully saturated rings. The van der Waals surface area contributed by atoms with Crippen LogP contribution in [0.4, 0.5) is 13.2 Å². The van der Waals surface area contributed by atoms with Gasteiger partial charge in [-0.25, -0.2) is 4.98 Å². The summed E-state index contributed by atoms with van der Waals surface area (Å²) in [4.78, 5) is 18.4. The van der Waals surface area contributed by atoms with Gasteiger partial charge in [-0.15, -0.1) is 0 Å². The first kappa shape index (κ1) is 11.9. The van der Waals surface area contributed by atoms with E-state index in [1.807, 2.05) is 5.32 Å². The van der Waals surface area contributed by atoms with Crippen LogP contribution in [0.5, 0.6) is 0 Å². The predicted molar refractivity (Wildman–Crippen MR) is 52.1 cm³/mol. The molecular formula is C9H11F3N4O. The molecule has 1 aromatic heterocycles. The summed E-state index contributed by atoms with van der Waals surface area (Å²) in [5, 5.41) is 4.68.